The first-order chi connectivity index (χ1) is 5.79. The summed E-state index contributed by atoms with van der Waals surface area (Å²) in [6.45, 7) is 1.97. The maximum Gasteiger partial charge on any atom is 0.356 e. The van der Waals surface area contributed by atoms with E-state index in [2.05, 4.69) is 4.84 Å². The van der Waals surface area contributed by atoms with Crippen LogP contribution in [0, 0.1) is 0 Å². The number of rotatable bonds is 2. The summed E-state index contributed by atoms with van der Waals surface area (Å²) >= 11 is 0. The van der Waals surface area contributed by atoms with E-state index in [1.54, 1.807) is 12.1 Å². The molecule has 0 aromatic heterocycles. The largest absolute Gasteiger partial charge is 0.370 e. The Hall–Kier alpha value is -1.35. The lowest BCUT2D eigenvalue weighted by molar-refractivity contribution is 0.0502. The Kier molecular flexibility index (Phi) is 2.82. The zero-order valence-electron chi connectivity index (χ0n) is 6.91. The first kappa shape index (κ1) is 8.74. The van der Waals surface area contributed by atoms with Gasteiger partial charge in [-0.05, 0) is 18.1 Å². The van der Waals surface area contributed by atoms with Crippen molar-refractivity contribution in [2.45, 2.75) is 13.3 Å². The van der Waals surface area contributed by atoms with Gasteiger partial charge in [-0.3, -0.25) is 0 Å². The topological polar surface area (TPSA) is 52.3 Å². The summed E-state index contributed by atoms with van der Waals surface area (Å²) in [5.41, 5.74) is 1.50. The molecule has 1 aromatic rings. The number of benzene rings is 1. The Morgan fingerprint density at radius 2 is 2.17 bits per heavy atom. The van der Waals surface area contributed by atoms with Crippen LogP contribution in [0.5, 0.6) is 0 Å². The summed E-state index contributed by atoms with van der Waals surface area (Å²) in [6.07, 6.45) is 0.797. The van der Waals surface area contributed by atoms with Crippen LogP contribution in [0.2, 0.25) is 0 Å². The van der Waals surface area contributed by atoms with Crippen molar-refractivity contribution in [3.8, 4) is 0 Å². The highest BCUT2D eigenvalue weighted by atomic mass is 16.7. The number of aryl methyl sites for hydroxylation is 1. The lowest BCUT2D eigenvalue weighted by Gasteiger charge is -2.03. The van der Waals surface area contributed by atoms with E-state index in [9.17, 15) is 4.79 Å². The lowest BCUT2D eigenvalue weighted by atomic mass is 10.1. The van der Waals surface area contributed by atoms with Gasteiger partial charge in [-0.2, -0.15) is 5.90 Å². The van der Waals surface area contributed by atoms with Crippen LogP contribution in [0.3, 0.4) is 0 Å². The first-order valence-corrected chi connectivity index (χ1v) is 3.78. The molecule has 1 aromatic carbocycles. The molecule has 3 nitrogen and oxygen atoms in total. The third-order valence-corrected chi connectivity index (χ3v) is 1.73. The van der Waals surface area contributed by atoms with Gasteiger partial charge < -0.3 is 4.84 Å². The van der Waals surface area contributed by atoms with Gasteiger partial charge in [0.2, 0.25) is 0 Å². The Bertz CT molecular complexity index is 284. The summed E-state index contributed by atoms with van der Waals surface area (Å²) in [4.78, 5) is 15.2. The SMILES string of the molecule is CCc1ccccc1C(=O)ON. The molecule has 0 amide bonds. The van der Waals surface area contributed by atoms with Crippen molar-refractivity contribution in [1.29, 1.82) is 0 Å². The third-order valence-electron chi connectivity index (χ3n) is 1.73. The van der Waals surface area contributed by atoms with Gasteiger partial charge in [0.15, 0.2) is 0 Å². The molecule has 0 spiro atoms. The van der Waals surface area contributed by atoms with Crippen LogP contribution in [0.25, 0.3) is 0 Å². The molecular formula is C9H11NO2. The number of carbonyl (C=O) groups is 1. The molecule has 0 unspecified atom stereocenters. The van der Waals surface area contributed by atoms with Gasteiger partial charge in [-0.1, -0.05) is 25.1 Å². The van der Waals surface area contributed by atoms with Gasteiger partial charge in [-0.15, -0.1) is 0 Å². The predicted molar refractivity (Wildman–Crippen MR) is 45.4 cm³/mol. The summed E-state index contributed by atoms with van der Waals surface area (Å²) < 4.78 is 0. The molecule has 0 saturated heterocycles. The van der Waals surface area contributed by atoms with E-state index in [0.29, 0.717) is 5.56 Å². The van der Waals surface area contributed by atoms with Crippen LogP contribution in [-0.4, -0.2) is 5.97 Å². The Morgan fingerprint density at radius 1 is 1.50 bits per heavy atom. The second-order valence-electron chi connectivity index (χ2n) is 2.42. The lowest BCUT2D eigenvalue weighted by Crippen LogP contribution is -2.12. The molecule has 1 rings (SSSR count). The molecule has 0 radical (unpaired) electrons. The Balaban J connectivity index is 3.04. The molecule has 0 aliphatic carbocycles. The van der Waals surface area contributed by atoms with Crippen LogP contribution in [0.4, 0.5) is 0 Å². The normalized spacial score (nSPS) is 9.50. The molecule has 0 atom stereocenters. The van der Waals surface area contributed by atoms with E-state index >= 15 is 0 Å². The van der Waals surface area contributed by atoms with Crippen LogP contribution < -0.4 is 5.90 Å². The van der Waals surface area contributed by atoms with Crippen molar-refractivity contribution < 1.29 is 9.63 Å². The van der Waals surface area contributed by atoms with Crippen LogP contribution in [0.1, 0.15) is 22.8 Å². The fourth-order valence-electron chi connectivity index (χ4n) is 1.09. The van der Waals surface area contributed by atoms with Gasteiger partial charge in [0, 0.05) is 0 Å². The van der Waals surface area contributed by atoms with Crippen molar-refractivity contribution in [2.24, 2.45) is 5.90 Å². The summed E-state index contributed by atoms with van der Waals surface area (Å²) in [5.74, 6) is 4.30. The van der Waals surface area contributed by atoms with Crippen LogP contribution in [-0.2, 0) is 11.3 Å². The molecule has 2 N–H and O–H groups in total. The first-order valence-electron chi connectivity index (χ1n) is 3.78. The minimum atomic E-state index is -0.479. The highest BCUT2D eigenvalue weighted by molar-refractivity contribution is 5.90. The number of hydrogen-bond acceptors (Lipinski definition) is 3. The molecule has 64 valence electrons. The molecule has 12 heavy (non-hydrogen) atoms. The van der Waals surface area contributed by atoms with Crippen molar-refractivity contribution in [3.05, 3.63) is 35.4 Å². The Labute approximate surface area is 71.1 Å². The smallest absolute Gasteiger partial charge is 0.356 e. The van der Waals surface area contributed by atoms with Gasteiger partial charge in [0.25, 0.3) is 0 Å². The fourth-order valence-corrected chi connectivity index (χ4v) is 1.09. The van der Waals surface area contributed by atoms with Crippen molar-refractivity contribution in [3.63, 3.8) is 0 Å². The van der Waals surface area contributed by atoms with E-state index in [-0.39, 0.29) is 0 Å². The van der Waals surface area contributed by atoms with E-state index in [1.807, 2.05) is 19.1 Å². The molecule has 0 aliphatic heterocycles. The van der Waals surface area contributed by atoms with Crippen molar-refractivity contribution >= 4 is 5.97 Å². The maximum atomic E-state index is 11.0. The average molecular weight is 165 g/mol. The standard InChI is InChI=1S/C9H11NO2/c1-2-7-5-3-4-6-8(7)9(11)12-10/h3-6H,2,10H2,1H3. The molecule has 0 heterocycles. The molecule has 0 bridgehead atoms. The molecular weight excluding hydrogens is 154 g/mol. The highest BCUT2D eigenvalue weighted by Crippen LogP contribution is 2.09. The zero-order valence-corrected chi connectivity index (χ0v) is 6.91. The number of hydrogen-bond donors (Lipinski definition) is 1. The summed E-state index contributed by atoms with van der Waals surface area (Å²) in [7, 11) is 0. The van der Waals surface area contributed by atoms with Crippen molar-refractivity contribution in [2.75, 3.05) is 0 Å². The van der Waals surface area contributed by atoms with Gasteiger partial charge in [0.05, 0.1) is 5.56 Å². The maximum absolute atomic E-state index is 11.0. The average Bonchev–Trinajstić information content (AvgIpc) is 2.16. The molecule has 0 fully saturated rings. The summed E-state index contributed by atoms with van der Waals surface area (Å²) in [6, 6.07) is 7.25. The number of carbonyl (C=O) groups excluding carboxylic acids is 1. The second kappa shape index (κ2) is 3.88. The van der Waals surface area contributed by atoms with E-state index in [1.165, 1.54) is 0 Å². The number of nitrogens with two attached hydrogens (primary N) is 1. The zero-order chi connectivity index (χ0) is 8.97. The van der Waals surface area contributed by atoms with E-state index < -0.39 is 5.97 Å². The van der Waals surface area contributed by atoms with Crippen molar-refractivity contribution in [1.82, 2.24) is 0 Å². The van der Waals surface area contributed by atoms with Gasteiger partial charge >= 0.3 is 5.97 Å². The van der Waals surface area contributed by atoms with E-state index in [4.69, 9.17) is 5.90 Å². The monoisotopic (exact) mass is 165 g/mol. The molecule has 3 heteroatoms. The summed E-state index contributed by atoms with van der Waals surface area (Å²) in [5, 5.41) is 0. The second-order valence-corrected chi connectivity index (χ2v) is 2.42. The molecule has 0 saturated carbocycles. The predicted octanol–water partition coefficient (Wildman–Crippen LogP) is 1.28. The fraction of sp³-hybridized carbons (Fsp3) is 0.222. The van der Waals surface area contributed by atoms with Crippen LogP contribution >= 0.6 is 0 Å². The van der Waals surface area contributed by atoms with Gasteiger partial charge in [0.1, 0.15) is 0 Å². The minimum absolute atomic E-state index is 0.479. The Morgan fingerprint density at radius 3 is 2.75 bits per heavy atom. The van der Waals surface area contributed by atoms with Crippen LogP contribution in [0.15, 0.2) is 24.3 Å². The third kappa shape index (κ3) is 1.62. The molecule has 0 aliphatic rings. The van der Waals surface area contributed by atoms with Gasteiger partial charge in [-0.25, -0.2) is 4.79 Å². The minimum Gasteiger partial charge on any atom is -0.370 e. The van der Waals surface area contributed by atoms with E-state index in [0.717, 1.165) is 12.0 Å². The highest BCUT2D eigenvalue weighted by Gasteiger charge is 2.08. The quantitative estimate of drug-likeness (QED) is 0.671.